The number of aliphatic hydroxyl groups is 1. The molecule has 0 radical (unpaired) electrons. The lowest BCUT2D eigenvalue weighted by Gasteiger charge is -2.28. The van der Waals surface area contributed by atoms with Gasteiger partial charge in [0, 0.05) is 12.1 Å². The van der Waals surface area contributed by atoms with E-state index in [2.05, 4.69) is 25.2 Å². The molecule has 0 aliphatic carbocycles. The Hall–Kier alpha value is -4.64. The fourth-order valence-corrected chi connectivity index (χ4v) is 4.23. The summed E-state index contributed by atoms with van der Waals surface area (Å²) in [6.07, 6.45) is -0.0565. The predicted octanol–water partition coefficient (Wildman–Crippen LogP) is 6.07. The van der Waals surface area contributed by atoms with Crippen LogP contribution < -0.4 is 14.8 Å². The molecule has 0 aromatic heterocycles. The predicted molar refractivity (Wildman–Crippen MR) is 154 cm³/mol. The van der Waals surface area contributed by atoms with Crippen molar-refractivity contribution in [3.05, 3.63) is 114 Å². The van der Waals surface area contributed by atoms with Crippen LogP contribution in [0.1, 0.15) is 35.3 Å². The van der Waals surface area contributed by atoms with Crippen molar-refractivity contribution in [1.82, 2.24) is 5.32 Å². The summed E-state index contributed by atoms with van der Waals surface area (Å²) in [6, 6.07) is 31.3. The molecule has 7 nitrogen and oxygen atoms in total. The van der Waals surface area contributed by atoms with Crippen LogP contribution in [0.5, 0.6) is 17.2 Å². The number of nitriles is 1. The molecule has 0 heterocycles. The van der Waals surface area contributed by atoms with Gasteiger partial charge in [0.2, 0.25) is 0 Å². The standard InChI is InChI=1S/C33H32N2O5/c1-33(2,19-23-8-16-30(17-9-23)40-29-6-4-3-5-7-29)35-21-28(36)22-39-31-18-26(14-15-27(31)20-34)24-10-12-25(13-11-24)32(37)38/h3-18,28,35-36H,19,21-22H2,1-2H3,(H,37,38). The Morgan fingerprint density at radius 2 is 1.57 bits per heavy atom. The number of aliphatic hydroxyl groups excluding tert-OH is 1. The molecule has 0 bridgehead atoms. The molecule has 7 heteroatoms. The smallest absolute Gasteiger partial charge is 0.335 e. The minimum Gasteiger partial charge on any atom is -0.489 e. The third-order valence-corrected chi connectivity index (χ3v) is 6.36. The van der Waals surface area contributed by atoms with Gasteiger partial charge >= 0.3 is 5.97 Å². The molecule has 4 aromatic rings. The number of aromatic carboxylic acids is 1. The Morgan fingerprint density at radius 1 is 0.925 bits per heavy atom. The van der Waals surface area contributed by atoms with E-state index >= 15 is 0 Å². The number of benzene rings is 4. The van der Waals surface area contributed by atoms with Crippen molar-refractivity contribution in [2.75, 3.05) is 13.2 Å². The number of nitrogens with one attached hydrogen (secondary N) is 1. The van der Waals surface area contributed by atoms with Gasteiger partial charge < -0.3 is 25.0 Å². The van der Waals surface area contributed by atoms with Crippen LogP contribution in [0, 0.1) is 11.3 Å². The third kappa shape index (κ3) is 7.93. The van der Waals surface area contributed by atoms with Crippen molar-refractivity contribution in [2.45, 2.75) is 31.9 Å². The number of ether oxygens (including phenoxy) is 2. The van der Waals surface area contributed by atoms with E-state index in [0.717, 1.165) is 34.6 Å². The summed E-state index contributed by atoms with van der Waals surface area (Å²) < 4.78 is 11.7. The Kier molecular flexibility index (Phi) is 9.18. The van der Waals surface area contributed by atoms with E-state index < -0.39 is 12.1 Å². The monoisotopic (exact) mass is 536 g/mol. The Balaban J connectivity index is 1.30. The van der Waals surface area contributed by atoms with Crippen LogP contribution in [0.2, 0.25) is 0 Å². The maximum absolute atomic E-state index is 11.1. The van der Waals surface area contributed by atoms with E-state index in [1.54, 1.807) is 30.3 Å². The van der Waals surface area contributed by atoms with Crippen molar-refractivity contribution >= 4 is 5.97 Å². The second-order valence-corrected chi connectivity index (χ2v) is 10.2. The van der Waals surface area contributed by atoms with Crippen LogP contribution in [0.25, 0.3) is 11.1 Å². The normalized spacial score (nSPS) is 11.8. The van der Waals surface area contributed by atoms with Crippen molar-refractivity contribution in [3.63, 3.8) is 0 Å². The molecule has 40 heavy (non-hydrogen) atoms. The maximum atomic E-state index is 11.1. The molecule has 3 N–H and O–H groups in total. The summed E-state index contributed by atoms with van der Waals surface area (Å²) in [4.78, 5) is 11.1. The zero-order valence-electron chi connectivity index (χ0n) is 22.5. The summed E-state index contributed by atoms with van der Waals surface area (Å²) in [5, 5.41) is 32.6. The molecule has 1 atom stereocenters. The fraction of sp³-hybridized carbons (Fsp3) is 0.212. The summed E-state index contributed by atoms with van der Waals surface area (Å²) in [6.45, 7) is 4.45. The quantitative estimate of drug-likeness (QED) is 0.202. The van der Waals surface area contributed by atoms with Gasteiger partial charge in [0.1, 0.15) is 36.0 Å². The number of rotatable bonds is 12. The highest BCUT2D eigenvalue weighted by molar-refractivity contribution is 5.88. The third-order valence-electron chi connectivity index (χ3n) is 6.36. The van der Waals surface area contributed by atoms with Crippen molar-refractivity contribution in [1.29, 1.82) is 5.26 Å². The highest BCUT2D eigenvalue weighted by atomic mass is 16.5. The molecule has 0 saturated carbocycles. The van der Waals surface area contributed by atoms with E-state index in [9.17, 15) is 15.2 Å². The van der Waals surface area contributed by atoms with E-state index in [4.69, 9.17) is 14.6 Å². The minimum atomic E-state index is -0.993. The Bertz CT molecular complexity index is 1460. The van der Waals surface area contributed by atoms with Gasteiger partial charge in [-0.1, -0.05) is 48.5 Å². The van der Waals surface area contributed by atoms with Crippen LogP contribution >= 0.6 is 0 Å². The molecule has 0 saturated heterocycles. The van der Waals surface area contributed by atoms with Gasteiger partial charge in [0.15, 0.2) is 0 Å². The van der Waals surface area contributed by atoms with Crippen LogP contribution in [-0.2, 0) is 6.42 Å². The van der Waals surface area contributed by atoms with Gasteiger partial charge in [0.25, 0.3) is 0 Å². The molecule has 0 fully saturated rings. The van der Waals surface area contributed by atoms with Crippen LogP contribution in [0.4, 0.5) is 0 Å². The zero-order valence-corrected chi connectivity index (χ0v) is 22.5. The number of carboxylic acids is 1. The molecule has 204 valence electrons. The average molecular weight is 537 g/mol. The lowest BCUT2D eigenvalue weighted by Crippen LogP contribution is -2.46. The van der Waals surface area contributed by atoms with E-state index in [-0.39, 0.29) is 17.7 Å². The lowest BCUT2D eigenvalue weighted by atomic mass is 9.94. The van der Waals surface area contributed by atoms with Gasteiger partial charge in [-0.05, 0) is 85.5 Å². The van der Waals surface area contributed by atoms with Gasteiger partial charge in [-0.15, -0.1) is 0 Å². The van der Waals surface area contributed by atoms with Crippen molar-refractivity contribution in [3.8, 4) is 34.4 Å². The molecule has 0 spiro atoms. The van der Waals surface area contributed by atoms with Crippen LogP contribution in [0.3, 0.4) is 0 Å². The van der Waals surface area contributed by atoms with Gasteiger partial charge in [-0.25, -0.2) is 4.79 Å². The molecule has 0 amide bonds. The summed E-state index contributed by atoms with van der Waals surface area (Å²) in [7, 11) is 0. The van der Waals surface area contributed by atoms with Crippen molar-refractivity contribution in [2.24, 2.45) is 0 Å². The van der Waals surface area contributed by atoms with Gasteiger partial charge in [-0.3, -0.25) is 0 Å². The number of carboxylic acid groups (broad SMARTS) is 1. The first-order chi connectivity index (χ1) is 19.2. The summed E-state index contributed by atoms with van der Waals surface area (Å²) >= 11 is 0. The first-order valence-electron chi connectivity index (χ1n) is 13.0. The van der Waals surface area contributed by atoms with Crippen LogP contribution in [-0.4, -0.2) is 41.0 Å². The minimum absolute atomic E-state index is 0.00465. The van der Waals surface area contributed by atoms with Gasteiger partial charge in [0.05, 0.1) is 11.1 Å². The molecule has 4 rings (SSSR count). The summed E-state index contributed by atoms with van der Waals surface area (Å²) in [5.74, 6) is 0.925. The number of β-amino-alcohol motifs (C(OH)–C–C–N with tert-alkyl or cyclic N) is 1. The Morgan fingerprint density at radius 3 is 2.23 bits per heavy atom. The second kappa shape index (κ2) is 12.9. The second-order valence-electron chi connectivity index (χ2n) is 10.2. The molecule has 4 aromatic carbocycles. The molecule has 0 aliphatic heterocycles. The highest BCUT2D eigenvalue weighted by Crippen LogP contribution is 2.28. The SMILES string of the molecule is CC(C)(Cc1ccc(Oc2ccccc2)cc1)NCC(O)COc1cc(-c2ccc(C(=O)O)cc2)ccc1C#N. The molecule has 1 unspecified atom stereocenters. The number of para-hydroxylation sites is 1. The van der Waals surface area contributed by atoms with Crippen molar-refractivity contribution < 1.29 is 24.5 Å². The zero-order chi connectivity index (χ0) is 28.5. The Labute approximate surface area is 234 Å². The number of carbonyl (C=O) groups is 1. The topological polar surface area (TPSA) is 112 Å². The highest BCUT2D eigenvalue weighted by Gasteiger charge is 2.20. The largest absolute Gasteiger partial charge is 0.489 e. The molecular weight excluding hydrogens is 504 g/mol. The first kappa shape index (κ1) is 28.4. The maximum Gasteiger partial charge on any atom is 0.335 e. The molecular formula is C33H32N2O5. The fourth-order valence-electron chi connectivity index (χ4n) is 4.23. The first-order valence-corrected chi connectivity index (χ1v) is 13.0. The van der Waals surface area contributed by atoms with E-state index in [1.165, 1.54) is 12.1 Å². The number of hydrogen-bond acceptors (Lipinski definition) is 6. The lowest BCUT2D eigenvalue weighted by molar-refractivity contribution is 0.0697. The van der Waals surface area contributed by atoms with E-state index in [1.807, 2.05) is 54.6 Å². The average Bonchev–Trinajstić information content (AvgIpc) is 2.96. The number of hydrogen-bond donors (Lipinski definition) is 3. The van der Waals surface area contributed by atoms with Crippen LogP contribution in [0.15, 0.2) is 97.1 Å². The number of nitrogens with zero attached hydrogens (tertiary/aromatic N) is 1. The van der Waals surface area contributed by atoms with Gasteiger partial charge in [-0.2, -0.15) is 5.26 Å². The van der Waals surface area contributed by atoms with E-state index in [0.29, 0.717) is 17.9 Å². The molecule has 0 aliphatic rings. The summed E-state index contributed by atoms with van der Waals surface area (Å²) in [5.41, 5.74) is 2.97.